The summed E-state index contributed by atoms with van der Waals surface area (Å²) in [4.78, 5) is 57.1. The number of pyridine rings is 3. The van der Waals surface area contributed by atoms with Gasteiger partial charge in [-0.2, -0.15) is 8.78 Å². The Morgan fingerprint density at radius 2 is 1.03 bits per heavy atom. The van der Waals surface area contributed by atoms with E-state index in [9.17, 15) is 28.0 Å². The number of phenols is 1. The van der Waals surface area contributed by atoms with E-state index in [1.54, 1.807) is 30.3 Å². The molecule has 2 unspecified atom stereocenters. The number of ether oxygens (including phenoxy) is 1. The van der Waals surface area contributed by atoms with E-state index in [-0.39, 0.29) is 44.5 Å². The Balaban J connectivity index is 0.000000201. The Kier molecular flexibility index (Phi) is 21.4. The van der Waals surface area contributed by atoms with Crippen LogP contribution in [0.2, 0.25) is 0 Å². The van der Waals surface area contributed by atoms with Crippen molar-refractivity contribution in [3.8, 4) is 11.5 Å². The number of benzene rings is 2. The highest BCUT2D eigenvalue weighted by atomic mass is 32.2. The van der Waals surface area contributed by atoms with Crippen LogP contribution in [-0.4, -0.2) is 59.5 Å². The number of nitrogens with zero attached hydrogens (tertiary/aromatic N) is 3. The molecule has 3 N–H and O–H groups in total. The number of amides is 4. The fourth-order valence-corrected chi connectivity index (χ4v) is 7.96. The summed E-state index contributed by atoms with van der Waals surface area (Å²) < 4.78 is 32.4. The smallest absolute Gasteiger partial charge is 0.286 e. The van der Waals surface area contributed by atoms with E-state index in [1.807, 2.05) is 62.5 Å². The molecule has 7 rings (SSSR count). The van der Waals surface area contributed by atoms with Gasteiger partial charge in [-0.1, -0.05) is 113 Å². The molecule has 2 aliphatic rings. The largest absolute Gasteiger partial charge is 0.508 e. The number of phenolic OH excluding ortho intramolecular Hbond substituents is 1. The van der Waals surface area contributed by atoms with Crippen molar-refractivity contribution in [2.24, 2.45) is 0 Å². The minimum Gasteiger partial charge on any atom is -0.508 e. The lowest BCUT2D eigenvalue weighted by Crippen LogP contribution is -2.25. The van der Waals surface area contributed by atoms with Crippen molar-refractivity contribution < 1.29 is 37.8 Å². The Labute approximate surface area is 383 Å². The quantitative estimate of drug-likeness (QED) is 0.0858. The summed E-state index contributed by atoms with van der Waals surface area (Å²) in [7, 11) is 0. The van der Waals surface area contributed by atoms with Gasteiger partial charge in [-0.3, -0.25) is 34.8 Å². The maximum atomic E-state index is 13.7. The molecule has 0 spiro atoms. The number of aryl methyl sites for hydroxylation is 5. The highest BCUT2D eigenvalue weighted by Gasteiger charge is 2.32. The lowest BCUT2D eigenvalue weighted by molar-refractivity contribution is -0.119. The Bertz CT molecular complexity index is 2280. The zero-order chi connectivity index (χ0) is 46.4. The molecule has 0 bridgehead atoms. The molecule has 5 aromatic rings. The molecule has 11 nitrogen and oxygen atoms in total. The second kappa shape index (κ2) is 26.8. The van der Waals surface area contributed by atoms with Gasteiger partial charge in [0.25, 0.3) is 10.5 Å². The van der Waals surface area contributed by atoms with Gasteiger partial charge in [0.2, 0.25) is 23.7 Å². The Morgan fingerprint density at radius 1 is 0.578 bits per heavy atom. The average Bonchev–Trinajstić information content (AvgIpc) is 3.79. The number of aromatic hydroxyl groups is 1. The summed E-state index contributed by atoms with van der Waals surface area (Å²) >= 11 is 2.03. The molecule has 4 amide bonds. The second-order valence-electron chi connectivity index (χ2n) is 14.8. The van der Waals surface area contributed by atoms with E-state index in [4.69, 9.17) is 9.84 Å². The zero-order valence-corrected chi connectivity index (χ0v) is 38.6. The first-order chi connectivity index (χ1) is 30.8. The molecule has 0 saturated carbocycles. The number of hydrogen-bond donors (Lipinski definition) is 3. The van der Waals surface area contributed by atoms with Crippen LogP contribution in [0.1, 0.15) is 92.4 Å². The van der Waals surface area contributed by atoms with Gasteiger partial charge in [0, 0.05) is 40.8 Å². The predicted molar refractivity (Wildman–Crippen MR) is 250 cm³/mol. The van der Waals surface area contributed by atoms with Crippen LogP contribution in [0.5, 0.6) is 11.5 Å². The molecule has 0 radical (unpaired) electrons. The van der Waals surface area contributed by atoms with Crippen molar-refractivity contribution in [2.75, 3.05) is 6.61 Å². The maximum Gasteiger partial charge on any atom is 0.286 e. The van der Waals surface area contributed by atoms with Crippen molar-refractivity contribution >= 4 is 45.8 Å². The number of carbonyl (C=O) groups is 4. The van der Waals surface area contributed by atoms with Gasteiger partial charge in [0.05, 0.1) is 17.1 Å². The Hall–Kier alpha value is -5.67. The molecule has 340 valence electrons. The van der Waals surface area contributed by atoms with E-state index in [0.717, 1.165) is 66.0 Å². The van der Waals surface area contributed by atoms with Crippen molar-refractivity contribution in [1.82, 2.24) is 25.6 Å². The van der Waals surface area contributed by atoms with Gasteiger partial charge in [-0.25, -0.2) is 9.97 Å². The molecular weight excluding hydrogens is 857 g/mol. The van der Waals surface area contributed by atoms with Crippen molar-refractivity contribution in [3.63, 3.8) is 0 Å². The number of thioether (sulfide) groups is 2. The monoisotopic (exact) mass is 913 g/mol. The fraction of sp³-hybridized carbons (Fsp3) is 0.367. The third kappa shape index (κ3) is 17.1. The summed E-state index contributed by atoms with van der Waals surface area (Å²) in [5.74, 6) is -0.310. The molecule has 2 aliphatic heterocycles. The lowest BCUT2D eigenvalue weighted by Gasteiger charge is -2.09. The SMILES string of the molecule is CCCc1ccc(CC)c(F)n1.CCCc1ccc(CC)cn1.CCc1ccc(CCOc2ccc(CC3SC(=O)NC3=O)cc2)nc1F.O=C1NC(=O)C(Cc2ccc(O)cc2)S1. The molecule has 5 heterocycles. The predicted octanol–water partition coefficient (Wildman–Crippen LogP) is 9.92. The van der Waals surface area contributed by atoms with Crippen LogP contribution in [-0.2, 0) is 61.0 Å². The van der Waals surface area contributed by atoms with Crippen LogP contribution in [0.3, 0.4) is 0 Å². The summed E-state index contributed by atoms with van der Waals surface area (Å²) in [6, 6.07) is 25.6. The first kappa shape index (κ1) is 51.0. The Morgan fingerprint density at radius 3 is 1.44 bits per heavy atom. The van der Waals surface area contributed by atoms with Crippen LogP contribution < -0.4 is 15.4 Å². The molecular formula is C49H57F2N5O6S2. The van der Waals surface area contributed by atoms with Gasteiger partial charge >= 0.3 is 0 Å². The van der Waals surface area contributed by atoms with Crippen molar-refractivity contribution in [2.45, 2.75) is 109 Å². The minimum atomic E-state index is -0.415. The third-order valence-electron chi connectivity index (χ3n) is 9.90. The first-order valence-electron chi connectivity index (χ1n) is 21.6. The van der Waals surface area contributed by atoms with Crippen LogP contribution in [0.25, 0.3) is 0 Å². The average molecular weight is 914 g/mol. The van der Waals surface area contributed by atoms with Crippen LogP contribution in [0, 0.1) is 11.9 Å². The summed E-state index contributed by atoms with van der Waals surface area (Å²) in [6.45, 7) is 10.6. The molecule has 15 heteroatoms. The molecule has 3 aromatic heterocycles. The highest BCUT2D eigenvalue weighted by molar-refractivity contribution is 8.15. The fourth-order valence-electron chi connectivity index (χ4n) is 6.24. The molecule has 2 fully saturated rings. The number of carbonyl (C=O) groups excluding carboxylic acids is 4. The van der Waals surface area contributed by atoms with Crippen molar-refractivity contribution in [3.05, 3.63) is 148 Å². The highest BCUT2D eigenvalue weighted by Crippen LogP contribution is 2.25. The maximum absolute atomic E-state index is 13.7. The van der Waals surface area contributed by atoms with Crippen LogP contribution in [0.15, 0.2) is 91.1 Å². The summed E-state index contributed by atoms with van der Waals surface area (Å²) in [5.41, 5.74) is 7.25. The van der Waals surface area contributed by atoms with E-state index in [0.29, 0.717) is 61.3 Å². The minimum absolute atomic E-state index is 0.193. The number of nitrogens with one attached hydrogen (secondary N) is 2. The van der Waals surface area contributed by atoms with Gasteiger partial charge in [0.15, 0.2) is 0 Å². The van der Waals surface area contributed by atoms with E-state index in [2.05, 4.69) is 58.5 Å². The molecule has 2 saturated heterocycles. The number of imide groups is 2. The number of rotatable bonds is 15. The molecule has 2 atom stereocenters. The normalized spacial score (nSPS) is 15.2. The van der Waals surface area contributed by atoms with Gasteiger partial charge in [-0.05, 0) is 104 Å². The van der Waals surface area contributed by atoms with E-state index < -0.39 is 5.95 Å². The zero-order valence-electron chi connectivity index (χ0n) is 37.0. The van der Waals surface area contributed by atoms with Crippen molar-refractivity contribution in [1.29, 1.82) is 0 Å². The third-order valence-corrected chi connectivity index (χ3v) is 11.9. The number of hydrogen-bond acceptors (Lipinski definition) is 11. The number of halogens is 2. The standard InChI is InChI=1S/C19H19FN2O3S.C10H14FN.C10H9NO3S.C10H15N/c1-2-13-5-6-14(21-17(13)20)9-10-25-15-7-3-12(4-8-15)11-16-18(23)22-19(24)26-16;1-3-5-9-7-6-8(4-2)10(11)12-9;12-7-3-1-6(2-4-7)5-8-9(13)11-10(14)15-8;1-3-5-10-7-6-9(4-2)8-11-10/h3-8,16H,2,9-11H2,1H3,(H,22,23,24);6-7H,3-5H2,1-2H3;1-4,8,12H,5H2,(H,11,13,14);6-8H,3-5H2,1-2H3. The topological polar surface area (TPSA) is 160 Å². The van der Waals surface area contributed by atoms with E-state index >= 15 is 0 Å². The van der Waals surface area contributed by atoms with Gasteiger partial charge in [-0.15, -0.1) is 0 Å². The van der Waals surface area contributed by atoms with Gasteiger partial charge in [0.1, 0.15) is 11.5 Å². The molecule has 64 heavy (non-hydrogen) atoms. The molecule has 0 aliphatic carbocycles. The first-order valence-corrected chi connectivity index (χ1v) is 23.3. The summed E-state index contributed by atoms with van der Waals surface area (Å²) in [5, 5.41) is 12.3. The molecule has 2 aromatic carbocycles. The lowest BCUT2D eigenvalue weighted by atomic mass is 10.1. The van der Waals surface area contributed by atoms with Crippen LogP contribution >= 0.6 is 23.5 Å². The number of aromatic nitrogens is 3. The van der Waals surface area contributed by atoms with Gasteiger partial charge < -0.3 is 9.84 Å². The summed E-state index contributed by atoms with van der Waals surface area (Å²) in [6.07, 6.45) is 10.1. The van der Waals surface area contributed by atoms with Crippen LogP contribution in [0.4, 0.5) is 18.4 Å². The van der Waals surface area contributed by atoms with E-state index in [1.165, 1.54) is 17.7 Å². The second-order valence-corrected chi connectivity index (χ2v) is 17.2.